The van der Waals surface area contributed by atoms with Gasteiger partial charge in [-0.15, -0.1) is 0 Å². The summed E-state index contributed by atoms with van der Waals surface area (Å²) in [6.07, 6.45) is 6.10. The van der Waals surface area contributed by atoms with E-state index in [1.54, 1.807) is 11.9 Å². The van der Waals surface area contributed by atoms with E-state index in [0.717, 1.165) is 18.4 Å². The first kappa shape index (κ1) is 27.2. The molecule has 0 aromatic heterocycles. The normalized spacial score (nSPS) is 14.4. The van der Waals surface area contributed by atoms with Gasteiger partial charge >= 0.3 is 0 Å². The molecule has 0 spiro atoms. The Kier molecular flexibility index (Phi) is 19.0. The fourth-order valence-electron chi connectivity index (χ4n) is 2.20. The number of carboxylic acid groups (broad SMARTS) is 1. The molecule has 0 radical (unpaired) electrons. The van der Waals surface area contributed by atoms with Gasteiger partial charge in [-0.2, -0.15) is 0 Å². The molecule has 1 aliphatic carbocycles. The number of anilines is 1. The van der Waals surface area contributed by atoms with Crippen LogP contribution in [-0.2, 0) is 16.1 Å². The number of aliphatic hydroxyl groups excluding tert-OH is 1. The van der Waals surface area contributed by atoms with Gasteiger partial charge < -0.3 is 20.3 Å². The molecule has 1 aliphatic rings. The van der Waals surface area contributed by atoms with Crippen molar-refractivity contribution in [1.82, 2.24) is 5.32 Å². The molecule has 27 heavy (non-hydrogen) atoms. The zero-order chi connectivity index (χ0) is 21.1. The predicted octanol–water partition coefficient (Wildman–Crippen LogP) is 4.22. The van der Waals surface area contributed by atoms with E-state index in [1.807, 2.05) is 26.0 Å². The van der Waals surface area contributed by atoms with Crippen molar-refractivity contribution in [3.05, 3.63) is 41.5 Å². The molecule has 1 atom stereocenters. The summed E-state index contributed by atoms with van der Waals surface area (Å²) in [6, 6.07) is 8.21. The van der Waals surface area contributed by atoms with Crippen LogP contribution >= 0.6 is 11.9 Å². The molecule has 1 amide bonds. The van der Waals surface area contributed by atoms with Gasteiger partial charge in [0.15, 0.2) is 0 Å². The smallest absolute Gasteiger partial charge is 0.290 e. The van der Waals surface area contributed by atoms with Crippen molar-refractivity contribution in [3.8, 4) is 0 Å². The van der Waals surface area contributed by atoms with Crippen LogP contribution in [-0.4, -0.2) is 35.0 Å². The lowest BCUT2D eigenvalue weighted by molar-refractivity contribution is -0.123. The summed E-state index contributed by atoms with van der Waals surface area (Å²) in [6.45, 7) is 8.09. The summed E-state index contributed by atoms with van der Waals surface area (Å²) >= 11 is 1.79. The fourth-order valence-corrected chi connectivity index (χ4v) is 3.18. The van der Waals surface area contributed by atoms with Crippen LogP contribution in [0.3, 0.4) is 0 Å². The average molecular weight is 399 g/mol. The predicted molar refractivity (Wildman–Crippen MR) is 115 cm³/mol. The molecule has 0 fully saturated rings. The van der Waals surface area contributed by atoms with Gasteiger partial charge in [0.05, 0.1) is 0 Å². The lowest BCUT2D eigenvalue weighted by Gasteiger charge is -2.21. The van der Waals surface area contributed by atoms with Gasteiger partial charge in [0.1, 0.15) is 0 Å². The largest absolute Gasteiger partial charge is 0.483 e. The highest BCUT2D eigenvalue weighted by molar-refractivity contribution is 8.01. The van der Waals surface area contributed by atoms with E-state index < -0.39 is 0 Å². The van der Waals surface area contributed by atoms with Gasteiger partial charge in [0.2, 0.25) is 5.91 Å². The highest BCUT2D eigenvalue weighted by Gasteiger charge is 2.14. The third-order valence-corrected chi connectivity index (χ3v) is 4.70. The van der Waals surface area contributed by atoms with Crippen LogP contribution in [0.15, 0.2) is 35.9 Å². The van der Waals surface area contributed by atoms with Crippen molar-refractivity contribution in [1.29, 1.82) is 0 Å². The number of rotatable bonds is 5. The Morgan fingerprint density at radius 2 is 1.81 bits per heavy atom. The number of carbonyl (C=O) groups is 2. The molecule has 0 aliphatic heterocycles. The highest BCUT2D eigenvalue weighted by Crippen LogP contribution is 2.29. The fraction of sp³-hybridized carbons (Fsp3) is 0.500. The maximum Gasteiger partial charge on any atom is 0.290 e. The minimum absolute atomic E-state index is 0.00215. The zero-order valence-corrected chi connectivity index (χ0v) is 17.8. The molecule has 0 saturated heterocycles. The molecule has 1 unspecified atom stereocenters. The molecule has 7 heteroatoms. The molecule has 0 heterocycles. The second-order valence-electron chi connectivity index (χ2n) is 5.30. The topological polar surface area (TPSA) is 98.7 Å². The number of hydrogen-bond acceptors (Lipinski definition) is 5. The molecular formula is C20H34N2O4S. The van der Waals surface area contributed by atoms with E-state index in [2.05, 4.69) is 35.2 Å². The number of allylic oxidation sites excluding steroid dienone is 1. The molecule has 0 bridgehead atoms. The quantitative estimate of drug-likeness (QED) is 0.337. The number of benzene rings is 1. The van der Waals surface area contributed by atoms with Crippen LogP contribution in [0.25, 0.3) is 0 Å². The summed E-state index contributed by atoms with van der Waals surface area (Å²) < 4.78 is 3.43. The average Bonchev–Trinajstić information content (AvgIpc) is 2.70. The molecule has 2 rings (SSSR count). The van der Waals surface area contributed by atoms with Crippen molar-refractivity contribution in [3.63, 3.8) is 0 Å². The first-order valence-corrected chi connectivity index (χ1v) is 9.89. The number of hydrogen-bond donors (Lipinski definition) is 4. The third kappa shape index (κ3) is 13.8. The molecule has 1 aromatic carbocycles. The van der Waals surface area contributed by atoms with Crippen LogP contribution in [0, 0.1) is 0 Å². The molecule has 4 N–H and O–H groups in total. The Labute approximate surface area is 167 Å². The Morgan fingerprint density at radius 1 is 1.26 bits per heavy atom. The van der Waals surface area contributed by atoms with Crippen molar-refractivity contribution < 1.29 is 19.8 Å². The van der Waals surface area contributed by atoms with Crippen molar-refractivity contribution in [2.24, 2.45) is 0 Å². The minimum atomic E-state index is -0.250. The highest BCUT2D eigenvalue weighted by atomic mass is 32.2. The standard InChI is InChI=1S/C16H22N2OS.C2H6.CH2O2.CH4O/c1-12-5-3-4-6-16(12)20-18-15-9-7-14(8-10-15)11-17-13(2)19;1-2;2-1-3;1-2/h5,7-10,16,18H,3-4,6,11H2,1-2H3,(H,17,19);1-2H3;1H,(H,2,3);2H,1H3. The summed E-state index contributed by atoms with van der Waals surface area (Å²) in [4.78, 5) is 19.2. The van der Waals surface area contributed by atoms with Gasteiger partial charge in [-0.1, -0.05) is 37.6 Å². The van der Waals surface area contributed by atoms with E-state index in [9.17, 15) is 4.79 Å². The van der Waals surface area contributed by atoms with Crippen LogP contribution in [0.2, 0.25) is 0 Å². The van der Waals surface area contributed by atoms with Crippen molar-refractivity contribution in [2.75, 3.05) is 11.8 Å². The third-order valence-electron chi connectivity index (χ3n) is 3.46. The van der Waals surface area contributed by atoms with Gasteiger partial charge in [0, 0.05) is 31.5 Å². The number of aliphatic hydroxyl groups is 1. The Bertz CT molecular complexity index is 533. The molecule has 154 valence electrons. The minimum Gasteiger partial charge on any atom is -0.483 e. The molecule has 6 nitrogen and oxygen atoms in total. The zero-order valence-electron chi connectivity index (χ0n) is 17.0. The lowest BCUT2D eigenvalue weighted by atomic mass is 10.0. The number of carbonyl (C=O) groups excluding carboxylic acids is 1. The van der Waals surface area contributed by atoms with E-state index in [1.165, 1.54) is 31.8 Å². The molecular weight excluding hydrogens is 364 g/mol. The molecule has 1 aromatic rings. The maximum atomic E-state index is 10.9. The summed E-state index contributed by atoms with van der Waals surface area (Å²) in [7, 11) is 1.00. The van der Waals surface area contributed by atoms with E-state index >= 15 is 0 Å². The molecule has 0 saturated carbocycles. The van der Waals surface area contributed by atoms with Gasteiger partial charge in [0.25, 0.3) is 6.47 Å². The SMILES string of the molecule is CC.CC(=O)NCc1ccc(NSC2CCCC=C2C)cc1.CO.O=CO. The maximum absolute atomic E-state index is 10.9. The summed E-state index contributed by atoms with van der Waals surface area (Å²) in [5, 5.41) is 17.3. The van der Waals surface area contributed by atoms with Crippen LogP contribution in [0.5, 0.6) is 0 Å². The van der Waals surface area contributed by atoms with Gasteiger partial charge in [-0.05, 0) is 55.8 Å². The lowest BCUT2D eigenvalue weighted by Crippen LogP contribution is -2.18. The van der Waals surface area contributed by atoms with E-state index in [0.29, 0.717) is 11.8 Å². The summed E-state index contributed by atoms with van der Waals surface area (Å²) in [5.74, 6) is 0.00215. The first-order chi connectivity index (χ1) is 13.1. The van der Waals surface area contributed by atoms with Gasteiger partial charge in [-0.25, -0.2) is 0 Å². The number of amides is 1. The van der Waals surface area contributed by atoms with Gasteiger partial charge in [-0.3, -0.25) is 9.59 Å². The van der Waals surface area contributed by atoms with E-state index in [-0.39, 0.29) is 12.4 Å². The van der Waals surface area contributed by atoms with Crippen LogP contribution in [0.4, 0.5) is 5.69 Å². The van der Waals surface area contributed by atoms with Crippen LogP contribution in [0.1, 0.15) is 52.5 Å². The van der Waals surface area contributed by atoms with Crippen LogP contribution < -0.4 is 10.0 Å². The second-order valence-corrected chi connectivity index (χ2v) is 6.31. The van der Waals surface area contributed by atoms with Crippen molar-refractivity contribution >= 4 is 30.0 Å². The number of nitrogens with one attached hydrogen (secondary N) is 2. The van der Waals surface area contributed by atoms with E-state index in [4.69, 9.17) is 15.0 Å². The Balaban J connectivity index is 0. The monoisotopic (exact) mass is 398 g/mol. The summed E-state index contributed by atoms with van der Waals surface area (Å²) in [5.41, 5.74) is 3.71. The Hall–Kier alpha value is -1.99. The Morgan fingerprint density at radius 3 is 2.30 bits per heavy atom. The second kappa shape index (κ2) is 18.8. The van der Waals surface area contributed by atoms with Crippen molar-refractivity contribution in [2.45, 2.75) is 58.8 Å². The first-order valence-electron chi connectivity index (χ1n) is 9.01.